The average molecular weight is 381 g/mol. The van der Waals surface area contributed by atoms with Crippen LogP contribution in [0, 0.1) is 0 Å². The van der Waals surface area contributed by atoms with Crippen LogP contribution < -0.4 is 9.62 Å². The van der Waals surface area contributed by atoms with Crippen molar-refractivity contribution in [1.29, 1.82) is 0 Å². The van der Waals surface area contributed by atoms with Gasteiger partial charge in [0, 0.05) is 24.6 Å². The zero-order valence-electron chi connectivity index (χ0n) is 15.5. The highest BCUT2D eigenvalue weighted by Crippen LogP contribution is 2.20. The fourth-order valence-electron chi connectivity index (χ4n) is 3.28. The molecular formula is C19H28N2O4S. The van der Waals surface area contributed by atoms with Gasteiger partial charge in [-0.15, -0.1) is 0 Å². The van der Waals surface area contributed by atoms with Crippen LogP contribution in [0.4, 0.5) is 5.69 Å². The Labute approximate surface area is 156 Å². The van der Waals surface area contributed by atoms with E-state index in [2.05, 4.69) is 5.32 Å². The summed E-state index contributed by atoms with van der Waals surface area (Å²) < 4.78 is 25.5. The molecule has 1 amide bonds. The zero-order chi connectivity index (χ0) is 19.2. The quantitative estimate of drug-likeness (QED) is 0.582. The number of carbonyl (C=O) groups is 2. The number of nitrogens with zero attached hydrogens (tertiary/aromatic N) is 1. The molecule has 0 atom stereocenters. The Morgan fingerprint density at radius 2 is 1.65 bits per heavy atom. The molecule has 144 valence electrons. The van der Waals surface area contributed by atoms with Gasteiger partial charge >= 0.3 is 0 Å². The van der Waals surface area contributed by atoms with Gasteiger partial charge in [-0.25, -0.2) is 8.42 Å². The van der Waals surface area contributed by atoms with Crippen LogP contribution in [-0.2, 0) is 14.8 Å². The molecule has 1 N–H and O–H groups in total. The first-order valence-corrected chi connectivity index (χ1v) is 11.0. The van der Waals surface area contributed by atoms with Crippen molar-refractivity contribution in [3.63, 3.8) is 0 Å². The summed E-state index contributed by atoms with van der Waals surface area (Å²) in [5.41, 5.74) is 0.980. The lowest BCUT2D eigenvalue weighted by atomic mass is 10.1. The Kier molecular flexibility index (Phi) is 7.20. The molecule has 0 bridgehead atoms. The van der Waals surface area contributed by atoms with Gasteiger partial charge in [-0.1, -0.05) is 25.7 Å². The number of ketones is 1. The van der Waals surface area contributed by atoms with E-state index in [0.717, 1.165) is 31.9 Å². The molecular weight excluding hydrogens is 352 g/mol. The topological polar surface area (TPSA) is 83.6 Å². The second-order valence-electron chi connectivity index (χ2n) is 6.94. The fourth-order valence-corrected chi connectivity index (χ4v) is 4.20. The first-order valence-electron chi connectivity index (χ1n) is 9.15. The number of hydrogen-bond donors (Lipinski definition) is 1. The van der Waals surface area contributed by atoms with Crippen LogP contribution in [0.25, 0.3) is 0 Å². The van der Waals surface area contributed by atoms with Crippen molar-refractivity contribution in [3.8, 4) is 0 Å². The molecule has 1 aromatic carbocycles. The normalized spacial score (nSPS) is 15.9. The number of carbonyl (C=O) groups excluding carboxylic acids is 2. The SMILES string of the molecule is CC(=O)c1ccc(N(CCC(=O)NC2CCCCCC2)S(C)(=O)=O)cc1. The monoisotopic (exact) mass is 380 g/mol. The van der Waals surface area contributed by atoms with Gasteiger partial charge in [0.05, 0.1) is 11.9 Å². The highest BCUT2D eigenvalue weighted by molar-refractivity contribution is 7.92. The number of amides is 1. The Hall–Kier alpha value is -1.89. The molecule has 6 nitrogen and oxygen atoms in total. The summed E-state index contributed by atoms with van der Waals surface area (Å²) in [7, 11) is -3.52. The van der Waals surface area contributed by atoms with E-state index < -0.39 is 10.0 Å². The van der Waals surface area contributed by atoms with E-state index in [0.29, 0.717) is 11.3 Å². The number of rotatable bonds is 7. The highest BCUT2D eigenvalue weighted by atomic mass is 32.2. The third-order valence-corrected chi connectivity index (χ3v) is 5.92. The molecule has 2 rings (SSSR count). The number of sulfonamides is 1. The van der Waals surface area contributed by atoms with Crippen molar-refractivity contribution in [1.82, 2.24) is 5.32 Å². The number of Topliss-reactive ketones (excluding diaryl/α,β-unsaturated/α-hetero) is 1. The van der Waals surface area contributed by atoms with Crippen LogP contribution in [0.2, 0.25) is 0 Å². The van der Waals surface area contributed by atoms with Crippen LogP contribution in [0.3, 0.4) is 0 Å². The summed E-state index contributed by atoms with van der Waals surface area (Å²) in [6.45, 7) is 1.54. The van der Waals surface area contributed by atoms with Gasteiger partial charge in [-0.2, -0.15) is 0 Å². The lowest BCUT2D eigenvalue weighted by molar-refractivity contribution is -0.121. The van der Waals surface area contributed by atoms with Crippen molar-refractivity contribution in [2.75, 3.05) is 17.1 Å². The van der Waals surface area contributed by atoms with Gasteiger partial charge in [0.2, 0.25) is 15.9 Å². The minimum absolute atomic E-state index is 0.0785. The maximum Gasteiger partial charge on any atom is 0.232 e. The van der Waals surface area contributed by atoms with E-state index in [1.54, 1.807) is 24.3 Å². The average Bonchev–Trinajstić information content (AvgIpc) is 2.83. The van der Waals surface area contributed by atoms with E-state index in [-0.39, 0.29) is 30.7 Å². The summed E-state index contributed by atoms with van der Waals surface area (Å²) in [5, 5.41) is 3.04. The molecule has 0 unspecified atom stereocenters. The Bertz CT molecular complexity index is 720. The molecule has 0 saturated heterocycles. The van der Waals surface area contributed by atoms with E-state index in [4.69, 9.17) is 0 Å². The molecule has 0 heterocycles. The van der Waals surface area contributed by atoms with Crippen molar-refractivity contribution < 1.29 is 18.0 Å². The predicted molar refractivity (Wildman–Crippen MR) is 103 cm³/mol. The first kappa shape index (κ1) is 20.4. The number of anilines is 1. The molecule has 1 fully saturated rings. The zero-order valence-corrected chi connectivity index (χ0v) is 16.3. The van der Waals surface area contributed by atoms with Gasteiger partial charge in [-0.05, 0) is 44.0 Å². The van der Waals surface area contributed by atoms with Crippen molar-refractivity contribution in [3.05, 3.63) is 29.8 Å². The van der Waals surface area contributed by atoms with Crippen molar-refractivity contribution >= 4 is 27.4 Å². The summed E-state index contributed by atoms with van der Waals surface area (Å²) >= 11 is 0. The molecule has 0 aliphatic heterocycles. The maximum atomic E-state index is 12.3. The Morgan fingerprint density at radius 3 is 2.15 bits per heavy atom. The van der Waals surface area contributed by atoms with E-state index >= 15 is 0 Å². The number of nitrogens with one attached hydrogen (secondary N) is 1. The molecule has 1 saturated carbocycles. The largest absolute Gasteiger partial charge is 0.353 e. The molecule has 0 aromatic heterocycles. The minimum Gasteiger partial charge on any atom is -0.353 e. The van der Waals surface area contributed by atoms with Gasteiger partial charge in [0.1, 0.15) is 0 Å². The van der Waals surface area contributed by atoms with Crippen LogP contribution in [0.15, 0.2) is 24.3 Å². The summed E-state index contributed by atoms with van der Waals surface area (Å²) in [6.07, 6.45) is 7.90. The molecule has 1 aliphatic carbocycles. The number of hydrogen-bond acceptors (Lipinski definition) is 4. The summed E-state index contributed by atoms with van der Waals surface area (Å²) in [6, 6.07) is 6.59. The van der Waals surface area contributed by atoms with Gasteiger partial charge < -0.3 is 5.32 Å². The molecule has 1 aliphatic rings. The third kappa shape index (κ3) is 6.12. The Balaban J connectivity index is 1.99. The molecule has 7 heteroatoms. The molecule has 26 heavy (non-hydrogen) atoms. The molecule has 0 radical (unpaired) electrons. The Morgan fingerprint density at radius 1 is 1.08 bits per heavy atom. The second kappa shape index (κ2) is 9.16. The second-order valence-corrected chi connectivity index (χ2v) is 8.85. The molecule has 0 spiro atoms. The minimum atomic E-state index is -3.52. The van der Waals surface area contributed by atoms with Gasteiger partial charge in [0.15, 0.2) is 5.78 Å². The lowest BCUT2D eigenvalue weighted by Crippen LogP contribution is -2.38. The van der Waals surface area contributed by atoms with Crippen LogP contribution in [0.1, 0.15) is 62.2 Å². The van der Waals surface area contributed by atoms with Crippen molar-refractivity contribution in [2.45, 2.75) is 57.9 Å². The van der Waals surface area contributed by atoms with Gasteiger partial charge in [-0.3, -0.25) is 13.9 Å². The fraction of sp³-hybridized carbons (Fsp3) is 0.579. The lowest BCUT2D eigenvalue weighted by Gasteiger charge is -2.23. The maximum absolute atomic E-state index is 12.3. The third-order valence-electron chi connectivity index (χ3n) is 4.72. The summed E-state index contributed by atoms with van der Waals surface area (Å²) in [4.78, 5) is 23.6. The number of benzene rings is 1. The predicted octanol–water partition coefficient (Wildman–Crippen LogP) is 2.88. The van der Waals surface area contributed by atoms with E-state index in [1.807, 2.05) is 0 Å². The van der Waals surface area contributed by atoms with E-state index in [9.17, 15) is 18.0 Å². The smallest absolute Gasteiger partial charge is 0.232 e. The molecule has 1 aromatic rings. The first-order chi connectivity index (χ1) is 12.3. The highest BCUT2D eigenvalue weighted by Gasteiger charge is 2.20. The van der Waals surface area contributed by atoms with Crippen LogP contribution in [0.5, 0.6) is 0 Å². The standard InChI is InChI=1S/C19H28N2O4S/c1-15(22)16-9-11-18(12-10-16)21(26(2,24)25)14-13-19(23)20-17-7-5-3-4-6-8-17/h9-12,17H,3-8,13-14H2,1-2H3,(H,20,23). The van der Waals surface area contributed by atoms with Gasteiger partial charge in [0.25, 0.3) is 0 Å². The van der Waals surface area contributed by atoms with Crippen LogP contribution in [-0.4, -0.2) is 39.0 Å². The summed E-state index contributed by atoms with van der Waals surface area (Å²) in [5.74, 6) is -0.198. The van der Waals surface area contributed by atoms with E-state index in [1.165, 1.54) is 24.1 Å². The van der Waals surface area contributed by atoms with Crippen LogP contribution >= 0.6 is 0 Å². The van der Waals surface area contributed by atoms with Crippen molar-refractivity contribution in [2.24, 2.45) is 0 Å².